The van der Waals surface area contributed by atoms with Gasteiger partial charge in [-0.3, -0.25) is 4.99 Å². The van der Waals surface area contributed by atoms with E-state index in [9.17, 15) is 0 Å². The van der Waals surface area contributed by atoms with Gasteiger partial charge in [0.15, 0.2) is 0 Å². The highest BCUT2D eigenvalue weighted by Gasteiger charge is 1.27. The maximum absolute atomic E-state index is 5.50. The number of hydrogen-bond donors (Lipinski definition) is 1. The molecule has 48 valence electrons. The average Bonchev–Trinajstić information content (AvgIpc) is 1.96. The quantitative estimate of drug-likeness (QED) is 0.507. The van der Waals surface area contributed by atoms with Crippen LogP contribution in [-0.2, 0) is 0 Å². The molecule has 0 spiro atoms. The summed E-state index contributed by atoms with van der Waals surface area (Å²) in [5, 5.41) is 5.50. The van der Waals surface area contributed by atoms with Crippen LogP contribution in [0.15, 0.2) is 17.8 Å². The van der Waals surface area contributed by atoms with E-state index in [0.717, 1.165) is 0 Å². The van der Waals surface area contributed by atoms with Crippen LogP contribution in [0.1, 0.15) is 13.8 Å². The van der Waals surface area contributed by atoms with Gasteiger partial charge in [-0.1, -0.05) is 20.4 Å². The number of nitrogens with one attached hydrogen (secondary N) is 1. The van der Waals surface area contributed by atoms with Crippen molar-refractivity contribution in [2.24, 2.45) is 4.99 Å². The SMILES string of the molecule is C=CN=C.C=N.CC. The molecule has 0 aliphatic rings. The maximum atomic E-state index is 5.50. The molecular weight excluding hydrogens is 100 g/mol. The third-order valence-corrected chi connectivity index (χ3v) is 0.129. The molecule has 0 aliphatic carbocycles. The van der Waals surface area contributed by atoms with Crippen LogP contribution in [0.5, 0.6) is 0 Å². The van der Waals surface area contributed by atoms with E-state index >= 15 is 0 Å². The Morgan fingerprint density at radius 1 is 1.38 bits per heavy atom. The van der Waals surface area contributed by atoms with E-state index in [4.69, 9.17) is 5.41 Å². The Bertz CT molecular complexity index is 35.8. The zero-order chi connectivity index (χ0) is 7.41. The Labute approximate surface area is 51.5 Å². The van der Waals surface area contributed by atoms with Crippen molar-refractivity contribution in [1.29, 1.82) is 5.41 Å². The van der Waals surface area contributed by atoms with Crippen molar-refractivity contribution < 1.29 is 0 Å². The van der Waals surface area contributed by atoms with Crippen molar-refractivity contribution in [3.05, 3.63) is 12.8 Å². The highest BCUT2D eigenvalue weighted by atomic mass is 14.6. The Hall–Kier alpha value is -0.920. The second-order valence-corrected chi connectivity index (χ2v) is 0.365. The molecule has 0 aliphatic heterocycles. The van der Waals surface area contributed by atoms with Gasteiger partial charge in [-0.2, -0.15) is 0 Å². The summed E-state index contributed by atoms with van der Waals surface area (Å²) in [5.41, 5.74) is 0. The first kappa shape index (κ1) is 15.7. The summed E-state index contributed by atoms with van der Waals surface area (Å²) >= 11 is 0. The van der Waals surface area contributed by atoms with Crippen LogP contribution in [0, 0.1) is 5.41 Å². The third kappa shape index (κ3) is 13200. The van der Waals surface area contributed by atoms with Gasteiger partial charge in [0, 0.05) is 6.20 Å². The Balaban J connectivity index is -0.0000000542. The molecule has 2 heteroatoms. The molecule has 0 bridgehead atoms. The lowest BCUT2D eigenvalue weighted by atomic mass is 11.0. The predicted octanol–water partition coefficient (Wildman–Crippen LogP) is 2.12. The fourth-order valence-corrected chi connectivity index (χ4v) is 0. The van der Waals surface area contributed by atoms with Crippen LogP contribution < -0.4 is 0 Å². The Morgan fingerprint density at radius 3 is 1.50 bits per heavy atom. The summed E-state index contributed by atoms with van der Waals surface area (Å²) in [5.74, 6) is 0. The van der Waals surface area contributed by atoms with E-state index in [0.29, 0.717) is 0 Å². The minimum absolute atomic E-state index is 1.39. The molecule has 0 heterocycles. The first-order valence-electron chi connectivity index (χ1n) is 2.34. The van der Waals surface area contributed by atoms with Crippen molar-refractivity contribution in [3.8, 4) is 0 Å². The van der Waals surface area contributed by atoms with Gasteiger partial charge < -0.3 is 5.41 Å². The van der Waals surface area contributed by atoms with Gasteiger partial charge in [-0.25, -0.2) is 0 Å². The molecule has 0 saturated carbocycles. The van der Waals surface area contributed by atoms with E-state index in [2.05, 4.69) is 25.0 Å². The lowest BCUT2D eigenvalue weighted by molar-refractivity contribution is 1.50. The fraction of sp³-hybridized carbons (Fsp3) is 0.333. The third-order valence-electron chi connectivity index (χ3n) is 0.129. The van der Waals surface area contributed by atoms with Crippen LogP contribution in [0.25, 0.3) is 0 Å². The molecule has 0 aromatic carbocycles. The largest absolute Gasteiger partial charge is 0.317 e. The van der Waals surface area contributed by atoms with Crippen LogP contribution in [0.4, 0.5) is 0 Å². The van der Waals surface area contributed by atoms with Gasteiger partial charge in [-0.15, -0.1) is 0 Å². The molecule has 0 fully saturated rings. The van der Waals surface area contributed by atoms with Gasteiger partial charge in [0.25, 0.3) is 0 Å². The topological polar surface area (TPSA) is 36.2 Å². The standard InChI is InChI=1S/C3H5N.C2H6.CH3N/c1-3-4-2;2*1-2/h3H,1-2H2;1-2H3;2H,1H2. The minimum atomic E-state index is 1.39. The Morgan fingerprint density at radius 2 is 1.50 bits per heavy atom. The van der Waals surface area contributed by atoms with Gasteiger partial charge in [0.05, 0.1) is 0 Å². The van der Waals surface area contributed by atoms with E-state index in [1.165, 1.54) is 6.20 Å². The van der Waals surface area contributed by atoms with Gasteiger partial charge >= 0.3 is 0 Å². The van der Waals surface area contributed by atoms with Crippen molar-refractivity contribution in [2.75, 3.05) is 0 Å². The summed E-state index contributed by atoms with van der Waals surface area (Å²) in [7, 11) is 0. The second kappa shape index (κ2) is 135. The van der Waals surface area contributed by atoms with E-state index in [-0.39, 0.29) is 0 Å². The van der Waals surface area contributed by atoms with Crippen molar-refractivity contribution in [2.45, 2.75) is 13.8 Å². The second-order valence-electron chi connectivity index (χ2n) is 0.365. The number of aliphatic imine (C=N–C) groups is 1. The summed E-state index contributed by atoms with van der Waals surface area (Å²) in [6.45, 7) is 12.9. The zero-order valence-corrected chi connectivity index (χ0v) is 5.65. The lowest BCUT2D eigenvalue weighted by Crippen LogP contribution is -1.26. The first-order chi connectivity index (χ1) is 3.91. The molecule has 0 radical (unpaired) electrons. The molecule has 2 nitrogen and oxygen atoms in total. The van der Waals surface area contributed by atoms with Crippen molar-refractivity contribution >= 4 is 13.4 Å². The first-order valence-corrected chi connectivity index (χ1v) is 2.34. The molecule has 0 unspecified atom stereocenters. The Kier molecular flexibility index (Phi) is 264. The van der Waals surface area contributed by atoms with E-state index < -0.39 is 0 Å². The monoisotopic (exact) mass is 114 g/mol. The normalized spacial score (nSPS) is 3.75. The minimum Gasteiger partial charge on any atom is -0.317 e. The van der Waals surface area contributed by atoms with Crippen molar-refractivity contribution in [1.82, 2.24) is 0 Å². The van der Waals surface area contributed by atoms with Crippen LogP contribution in [-0.4, -0.2) is 13.4 Å². The molecule has 0 amide bonds. The summed E-state index contributed by atoms with van der Waals surface area (Å²) in [6.07, 6.45) is 1.39. The number of hydrogen-bond acceptors (Lipinski definition) is 2. The smallest absolute Gasteiger partial charge is 0.0188 e. The number of rotatable bonds is 1. The molecule has 1 N–H and O–H groups in total. The molecular formula is C6H14N2. The van der Waals surface area contributed by atoms with E-state index in [1.807, 2.05) is 13.8 Å². The fourth-order valence-electron chi connectivity index (χ4n) is 0. The number of nitrogens with zero attached hydrogens (tertiary/aromatic N) is 1. The highest BCUT2D eigenvalue weighted by Crippen LogP contribution is 1.50. The van der Waals surface area contributed by atoms with Crippen LogP contribution in [0.3, 0.4) is 0 Å². The maximum Gasteiger partial charge on any atom is 0.0188 e. The molecule has 0 saturated heterocycles. The zero-order valence-electron chi connectivity index (χ0n) is 5.65. The van der Waals surface area contributed by atoms with Crippen molar-refractivity contribution in [3.63, 3.8) is 0 Å². The average molecular weight is 114 g/mol. The molecule has 0 rings (SSSR count). The molecule has 0 aromatic rings. The van der Waals surface area contributed by atoms with Crippen LogP contribution in [0.2, 0.25) is 0 Å². The summed E-state index contributed by atoms with van der Waals surface area (Å²) in [4.78, 5) is 3.25. The van der Waals surface area contributed by atoms with Gasteiger partial charge in [0.2, 0.25) is 0 Å². The van der Waals surface area contributed by atoms with Gasteiger partial charge in [0.1, 0.15) is 0 Å². The van der Waals surface area contributed by atoms with Gasteiger partial charge in [-0.05, 0) is 13.4 Å². The highest BCUT2D eigenvalue weighted by molar-refractivity contribution is 5.24. The molecule has 0 atom stereocenters. The van der Waals surface area contributed by atoms with Crippen LogP contribution >= 0.6 is 0 Å². The molecule has 8 heavy (non-hydrogen) atoms. The molecule has 0 aromatic heterocycles. The predicted molar refractivity (Wildman–Crippen MR) is 40.9 cm³/mol. The lowest BCUT2D eigenvalue weighted by Gasteiger charge is -1.48. The summed E-state index contributed by atoms with van der Waals surface area (Å²) < 4.78 is 0. The van der Waals surface area contributed by atoms with E-state index in [1.54, 1.807) is 0 Å². The summed E-state index contributed by atoms with van der Waals surface area (Å²) in [6, 6.07) is 0.